The number of amidine groups is 4. The van der Waals surface area contributed by atoms with E-state index in [1.165, 1.54) is 16.7 Å². The molecule has 0 spiro atoms. The van der Waals surface area contributed by atoms with Gasteiger partial charge >= 0.3 is 0 Å². The second-order valence-electron chi connectivity index (χ2n) is 16.1. The van der Waals surface area contributed by atoms with Crippen molar-refractivity contribution in [3.8, 4) is 22.3 Å². The molecule has 0 aliphatic heterocycles. The molecule has 0 aliphatic rings. The Morgan fingerprint density at radius 1 is 0.439 bits per heavy atom. The molecule has 7 rings (SSSR count). The van der Waals surface area contributed by atoms with Crippen LogP contribution in [0.5, 0.6) is 0 Å². The molecule has 7 aromatic carbocycles. The number of allylic oxidation sites excluding steroid dienone is 4. The van der Waals surface area contributed by atoms with Crippen molar-refractivity contribution in [3.63, 3.8) is 0 Å². The fourth-order valence-corrected chi connectivity index (χ4v) is 7.38. The van der Waals surface area contributed by atoms with Crippen LogP contribution in [0, 0.1) is 0 Å². The van der Waals surface area contributed by atoms with E-state index in [1.807, 2.05) is 91.0 Å². The summed E-state index contributed by atoms with van der Waals surface area (Å²) in [6.07, 6.45) is 10.1. The Bertz CT molecular complexity index is 2880. The highest BCUT2D eigenvalue weighted by molar-refractivity contribution is 6.12. The Labute approximate surface area is 390 Å². The zero-order valence-corrected chi connectivity index (χ0v) is 37.7. The van der Waals surface area contributed by atoms with Crippen molar-refractivity contribution in [2.45, 2.75) is 38.8 Å². The first-order chi connectivity index (χ1) is 32.3. The van der Waals surface area contributed by atoms with E-state index < -0.39 is 0 Å². The molecule has 0 bridgehead atoms. The van der Waals surface area contributed by atoms with Crippen molar-refractivity contribution in [3.05, 3.63) is 264 Å². The van der Waals surface area contributed by atoms with Crippen molar-refractivity contribution in [2.75, 3.05) is 0 Å². The van der Waals surface area contributed by atoms with Gasteiger partial charge in [0.05, 0.1) is 13.1 Å². The minimum absolute atomic E-state index is 0.293. The van der Waals surface area contributed by atoms with Crippen LogP contribution in [0.1, 0.15) is 59.2 Å². The summed E-state index contributed by atoms with van der Waals surface area (Å²) in [6, 6.07) is 64.5. The Morgan fingerprint density at radius 2 is 0.864 bits per heavy atom. The summed E-state index contributed by atoms with van der Waals surface area (Å²) in [5.74, 6) is 2.29. The molecule has 6 heteroatoms. The van der Waals surface area contributed by atoms with Crippen LogP contribution in [-0.4, -0.2) is 36.8 Å². The van der Waals surface area contributed by atoms with Gasteiger partial charge in [-0.1, -0.05) is 239 Å². The van der Waals surface area contributed by atoms with E-state index in [0.717, 1.165) is 44.5 Å². The second-order valence-corrected chi connectivity index (χ2v) is 16.1. The largest absolute Gasteiger partial charge is 0.265 e. The lowest BCUT2D eigenvalue weighted by Crippen LogP contribution is -2.19. The number of benzene rings is 7. The van der Waals surface area contributed by atoms with Crippen LogP contribution in [0.25, 0.3) is 22.3 Å². The van der Waals surface area contributed by atoms with Gasteiger partial charge in [0, 0.05) is 28.5 Å². The lowest BCUT2D eigenvalue weighted by atomic mass is 9.78. The lowest BCUT2D eigenvalue weighted by molar-refractivity contribution is 0.640. The van der Waals surface area contributed by atoms with E-state index in [1.54, 1.807) is 6.08 Å². The maximum atomic E-state index is 5.05. The fraction of sp³-hybridized carbons (Fsp3) is 0.100. The topological polar surface area (TPSA) is 74.2 Å². The monoisotopic (exact) mass is 858 g/mol. The highest BCUT2D eigenvalue weighted by Gasteiger charge is 2.23. The van der Waals surface area contributed by atoms with Crippen molar-refractivity contribution in [1.82, 2.24) is 0 Å². The van der Waals surface area contributed by atoms with Gasteiger partial charge in [-0.2, -0.15) is 0 Å². The van der Waals surface area contributed by atoms with Gasteiger partial charge in [0.15, 0.2) is 17.5 Å². The number of hydrogen-bond donors (Lipinski definition) is 0. The van der Waals surface area contributed by atoms with Crippen molar-refractivity contribution >= 4 is 36.8 Å². The van der Waals surface area contributed by atoms with E-state index in [4.69, 9.17) is 20.0 Å². The highest BCUT2D eigenvalue weighted by atomic mass is 15.0. The molecule has 324 valence electrons. The molecule has 0 saturated carbocycles. The van der Waals surface area contributed by atoms with Gasteiger partial charge in [0.2, 0.25) is 0 Å². The summed E-state index contributed by atoms with van der Waals surface area (Å²) in [4.78, 5) is 28.5. The molecule has 0 aromatic heterocycles. The third kappa shape index (κ3) is 12.3. The van der Waals surface area contributed by atoms with E-state index in [9.17, 15) is 0 Å². The molecule has 0 atom stereocenters. The van der Waals surface area contributed by atoms with Crippen LogP contribution in [0.3, 0.4) is 0 Å². The Hall–Kier alpha value is -8.22. The Morgan fingerprint density at radius 3 is 1.41 bits per heavy atom. The third-order valence-electron chi connectivity index (χ3n) is 11.3. The van der Waals surface area contributed by atoms with Crippen LogP contribution >= 0.6 is 0 Å². The van der Waals surface area contributed by atoms with Crippen LogP contribution < -0.4 is 0 Å². The van der Waals surface area contributed by atoms with E-state index in [2.05, 4.69) is 165 Å². The fourth-order valence-electron chi connectivity index (χ4n) is 7.38. The lowest BCUT2D eigenvalue weighted by Gasteiger charge is -2.26. The average molecular weight is 859 g/mol. The summed E-state index contributed by atoms with van der Waals surface area (Å²) < 4.78 is 0. The molecule has 0 fully saturated rings. The standard InChI is InChI=1S/C60H54N6/c1-6-7-8-9-19-26-56(65-57(61-4)52-35-33-50(34-36-52)48-22-15-11-16-23-48)63-43-46-29-39-54(40-30-46)60(2,3)55-41-37-53(38-42-55)59(66-58(62-5)51-24-17-12-18-25-51)64-44-45-27-31-49(32-28-45)47-20-13-10-14-21-47/h6-25,27-42H,1,4-5,26,43-44H2,2-3H3/b8-7-,19-9-,63-56?,64-59?,65-57?,66-58?. The van der Waals surface area contributed by atoms with Crippen LogP contribution in [0.4, 0.5) is 0 Å². The summed E-state index contributed by atoms with van der Waals surface area (Å²) in [6.45, 7) is 16.9. The summed E-state index contributed by atoms with van der Waals surface area (Å²) in [7, 11) is 0. The van der Waals surface area contributed by atoms with Gasteiger partial charge in [-0.05, 0) is 57.9 Å². The number of rotatable bonds is 15. The molecule has 0 unspecified atom stereocenters. The van der Waals surface area contributed by atoms with Gasteiger partial charge in [-0.25, -0.2) is 20.0 Å². The average Bonchev–Trinajstić information content (AvgIpc) is 3.38. The first kappa shape index (κ1) is 45.8. The van der Waals surface area contributed by atoms with Crippen LogP contribution in [0.15, 0.2) is 255 Å². The van der Waals surface area contributed by atoms with Gasteiger partial charge in [0.25, 0.3) is 0 Å². The van der Waals surface area contributed by atoms with Crippen molar-refractivity contribution < 1.29 is 0 Å². The van der Waals surface area contributed by atoms with Gasteiger partial charge in [-0.3, -0.25) is 9.98 Å². The normalized spacial score (nSPS) is 12.7. The second kappa shape index (κ2) is 22.9. The Balaban J connectivity index is 1.10. The quantitative estimate of drug-likeness (QED) is 0.0560. The highest BCUT2D eigenvalue weighted by Crippen LogP contribution is 2.32. The minimum atomic E-state index is -0.293. The molecule has 0 saturated heterocycles. The smallest absolute Gasteiger partial charge is 0.161 e. The van der Waals surface area contributed by atoms with Gasteiger partial charge < -0.3 is 0 Å². The number of nitrogens with zero attached hydrogens (tertiary/aromatic N) is 6. The molecular weight excluding hydrogens is 805 g/mol. The molecule has 0 radical (unpaired) electrons. The molecular formula is C60H54N6. The minimum Gasteiger partial charge on any atom is -0.265 e. The molecule has 0 heterocycles. The van der Waals surface area contributed by atoms with Gasteiger partial charge in [-0.15, -0.1) is 0 Å². The zero-order valence-electron chi connectivity index (χ0n) is 37.7. The number of aliphatic imine (C=N–C) groups is 6. The predicted molar refractivity (Wildman–Crippen MR) is 282 cm³/mol. The van der Waals surface area contributed by atoms with Gasteiger partial charge in [0.1, 0.15) is 5.84 Å². The Kier molecular flexibility index (Phi) is 15.9. The molecule has 0 aliphatic carbocycles. The maximum absolute atomic E-state index is 5.05. The summed E-state index contributed by atoms with van der Waals surface area (Å²) in [5, 5.41) is 0. The molecule has 6 nitrogen and oxygen atoms in total. The molecule has 0 amide bonds. The number of hydrogen-bond acceptors (Lipinski definition) is 2. The van der Waals surface area contributed by atoms with Crippen LogP contribution in [-0.2, 0) is 18.5 Å². The predicted octanol–water partition coefficient (Wildman–Crippen LogP) is 14.2. The first-order valence-corrected chi connectivity index (χ1v) is 22.0. The third-order valence-corrected chi connectivity index (χ3v) is 11.3. The zero-order chi connectivity index (χ0) is 46.0. The van der Waals surface area contributed by atoms with Crippen LogP contribution in [0.2, 0.25) is 0 Å². The summed E-state index contributed by atoms with van der Waals surface area (Å²) in [5.41, 5.74) is 11.5. The van der Waals surface area contributed by atoms with Crippen molar-refractivity contribution in [1.29, 1.82) is 0 Å². The van der Waals surface area contributed by atoms with Crippen molar-refractivity contribution in [2.24, 2.45) is 30.0 Å². The molecule has 0 N–H and O–H groups in total. The maximum Gasteiger partial charge on any atom is 0.161 e. The first-order valence-electron chi connectivity index (χ1n) is 22.0. The van der Waals surface area contributed by atoms with E-state index >= 15 is 0 Å². The van der Waals surface area contributed by atoms with E-state index in [0.29, 0.717) is 42.9 Å². The molecule has 66 heavy (non-hydrogen) atoms. The molecule has 7 aromatic rings. The SMILES string of the molecule is C=C/C=C\C=C/CC(=NCc1ccc(C(C)(C)c2ccc(C(=NCc3ccc(-c4ccccc4)cc3)N=C(N=C)c3ccccc3)cc2)cc1)N=C(N=C)c1ccc(-c2ccccc2)cc1. The van der Waals surface area contributed by atoms with E-state index in [-0.39, 0.29) is 5.41 Å². The summed E-state index contributed by atoms with van der Waals surface area (Å²) >= 11 is 0.